The molecule has 2 aromatic rings. The second-order valence-corrected chi connectivity index (χ2v) is 5.56. The number of nitrogens with zero attached hydrogens (tertiary/aromatic N) is 2. The maximum atomic E-state index is 5.68. The van der Waals surface area contributed by atoms with Gasteiger partial charge in [-0.15, -0.1) is 0 Å². The predicted octanol–water partition coefficient (Wildman–Crippen LogP) is 5.84. The van der Waals surface area contributed by atoms with Gasteiger partial charge in [0.1, 0.15) is 5.75 Å². The number of azo groups is 1. The summed E-state index contributed by atoms with van der Waals surface area (Å²) in [5, 5.41) is 8.44. The lowest BCUT2D eigenvalue weighted by molar-refractivity contribution is 0.289. The number of benzene rings is 2. The van der Waals surface area contributed by atoms with Crippen LogP contribution in [0.25, 0.3) is 0 Å². The minimum Gasteiger partial charge on any atom is -0.494 e. The van der Waals surface area contributed by atoms with Gasteiger partial charge in [-0.25, -0.2) is 0 Å². The number of hydrogen-bond acceptors (Lipinski definition) is 3. The molecule has 0 saturated carbocycles. The summed E-state index contributed by atoms with van der Waals surface area (Å²) < 4.78 is 5.68. The summed E-state index contributed by atoms with van der Waals surface area (Å²) in [6.45, 7) is 7.19. The predicted molar refractivity (Wildman–Crippen MR) is 86.7 cm³/mol. The van der Waals surface area contributed by atoms with Gasteiger partial charge in [-0.1, -0.05) is 31.5 Å². The average molecular weight is 282 g/mol. The molecule has 0 unspecified atom stereocenters. The highest BCUT2D eigenvalue weighted by Gasteiger charge is 1.97. The number of aryl methyl sites for hydroxylation is 1. The van der Waals surface area contributed by atoms with Gasteiger partial charge in [0.2, 0.25) is 0 Å². The van der Waals surface area contributed by atoms with Gasteiger partial charge in [-0.2, -0.15) is 10.2 Å². The lowest BCUT2D eigenvalue weighted by Crippen LogP contribution is -2.00. The molecule has 0 aromatic heterocycles. The van der Waals surface area contributed by atoms with Gasteiger partial charge in [0.05, 0.1) is 18.0 Å². The first kappa shape index (κ1) is 15.2. The van der Waals surface area contributed by atoms with E-state index in [0.29, 0.717) is 5.92 Å². The topological polar surface area (TPSA) is 34.0 Å². The van der Waals surface area contributed by atoms with Crippen LogP contribution in [0.5, 0.6) is 5.75 Å². The van der Waals surface area contributed by atoms with Crippen molar-refractivity contribution in [3.8, 4) is 5.75 Å². The van der Waals surface area contributed by atoms with Crippen molar-refractivity contribution in [2.24, 2.45) is 16.1 Å². The zero-order valence-electron chi connectivity index (χ0n) is 12.9. The summed E-state index contributed by atoms with van der Waals surface area (Å²) in [6.07, 6.45) is 1.06. The Morgan fingerprint density at radius 1 is 0.857 bits per heavy atom. The van der Waals surface area contributed by atoms with Crippen LogP contribution in [0, 0.1) is 12.8 Å². The Labute approximate surface area is 126 Å². The molecule has 0 heterocycles. The Kier molecular flexibility index (Phi) is 5.50. The average Bonchev–Trinajstić information content (AvgIpc) is 2.48. The Hall–Kier alpha value is -2.16. The fraction of sp³-hybridized carbons (Fsp3) is 0.333. The summed E-state index contributed by atoms with van der Waals surface area (Å²) in [5.74, 6) is 1.54. The van der Waals surface area contributed by atoms with E-state index in [1.165, 1.54) is 5.56 Å². The van der Waals surface area contributed by atoms with E-state index in [1.54, 1.807) is 0 Å². The third-order valence-corrected chi connectivity index (χ3v) is 3.12. The molecular weight excluding hydrogens is 260 g/mol. The van der Waals surface area contributed by atoms with E-state index >= 15 is 0 Å². The van der Waals surface area contributed by atoms with Crippen molar-refractivity contribution in [1.82, 2.24) is 0 Å². The van der Waals surface area contributed by atoms with Crippen LogP contribution in [0.1, 0.15) is 25.8 Å². The minimum absolute atomic E-state index is 0.660. The number of ether oxygens (including phenoxy) is 1. The maximum Gasteiger partial charge on any atom is 0.119 e. The molecule has 110 valence electrons. The van der Waals surface area contributed by atoms with Crippen LogP contribution in [0.3, 0.4) is 0 Å². The monoisotopic (exact) mass is 282 g/mol. The Bertz CT molecular complexity index is 571. The fourth-order valence-corrected chi connectivity index (χ4v) is 1.75. The van der Waals surface area contributed by atoms with Crippen molar-refractivity contribution in [1.29, 1.82) is 0 Å². The third kappa shape index (κ3) is 5.38. The molecule has 0 aliphatic heterocycles. The molecule has 0 spiro atoms. The van der Waals surface area contributed by atoms with Crippen LogP contribution in [-0.4, -0.2) is 6.61 Å². The number of rotatable bonds is 6. The molecule has 0 bridgehead atoms. The quantitative estimate of drug-likeness (QED) is 0.613. The molecule has 0 atom stereocenters. The molecule has 2 aromatic carbocycles. The van der Waals surface area contributed by atoms with Crippen molar-refractivity contribution in [3.63, 3.8) is 0 Å². The van der Waals surface area contributed by atoms with Gasteiger partial charge in [0, 0.05) is 0 Å². The largest absolute Gasteiger partial charge is 0.494 e. The van der Waals surface area contributed by atoms with E-state index < -0.39 is 0 Å². The molecule has 0 aliphatic carbocycles. The first-order valence-electron chi connectivity index (χ1n) is 7.35. The van der Waals surface area contributed by atoms with Gasteiger partial charge in [0.25, 0.3) is 0 Å². The van der Waals surface area contributed by atoms with Crippen LogP contribution in [0.2, 0.25) is 0 Å². The van der Waals surface area contributed by atoms with Gasteiger partial charge < -0.3 is 4.74 Å². The van der Waals surface area contributed by atoms with Crippen molar-refractivity contribution in [3.05, 3.63) is 54.1 Å². The third-order valence-electron chi connectivity index (χ3n) is 3.12. The van der Waals surface area contributed by atoms with Crippen molar-refractivity contribution in [2.45, 2.75) is 27.2 Å². The van der Waals surface area contributed by atoms with E-state index in [1.807, 2.05) is 48.5 Å². The first-order chi connectivity index (χ1) is 10.1. The van der Waals surface area contributed by atoms with Crippen LogP contribution < -0.4 is 4.74 Å². The summed E-state index contributed by atoms with van der Waals surface area (Å²) in [6, 6.07) is 15.7. The minimum atomic E-state index is 0.660. The molecule has 0 fully saturated rings. The van der Waals surface area contributed by atoms with Crippen LogP contribution in [0.15, 0.2) is 58.8 Å². The van der Waals surface area contributed by atoms with E-state index in [4.69, 9.17) is 4.74 Å². The molecule has 3 heteroatoms. The van der Waals surface area contributed by atoms with E-state index in [-0.39, 0.29) is 0 Å². The SMILES string of the molecule is Cc1ccc(N=Nc2ccc(OCCC(C)C)cc2)cc1. The van der Waals surface area contributed by atoms with Crippen molar-refractivity contribution in [2.75, 3.05) is 6.61 Å². The second-order valence-electron chi connectivity index (χ2n) is 5.56. The summed E-state index contributed by atoms with van der Waals surface area (Å²) in [4.78, 5) is 0. The van der Waals surface area contributed by atoms with E-state index in [2.05, 4.69) is 31.0 Å². The first-order valence-corrected chi connectivity index (χ1v) is 7.35. The molecule has 21 heavy (non-hydrogen) atoms. The van der Waals surface area contributed by atoms with Crippen molar-refractivity contribution < 1.29 is 4.74 Å². The van der Waals surface area contributed by atoms with Crippen LogP contribution in [0.4, 0.5) is 11.4 Å². The second kappa shape index (κ2) is 7.58. The van der Waals surface area contributed by atoms with Crippen LogP contribution >= 0.6 is 0 Å². The lowest BCUT2D eigenvalue weighted by Gasteiger charge is -2.07. The van der Waals surface area contributed by atoms with Gasteiger partial charge >= 0.3 is 0 Å². The van der Waals surface area contributed by atoms with E-state index in [0.717, 1.165) is 30.2 Å². The Morgan fingerprint density at radius 3 is 1.90 bits per heavy atom. The fourth-order valence-electron chi connectivity index (χ4n) is 1.75. The molecule has 0 saturated heterocycles. The Balaban J connectivity index is 1.91. The maximum absolute atomic E-state index is 5.68. The molecule has 2 rings (SSSR count). The highest BCUT2D eigenvalue weighted by Crippen LogP contribution is 2.21. The van der Waals surface area contributed by atoms with E-state index in [9.17, 15) is 0 Å². The van der Waals surface area contributed by atoms with Gasteiger partial charge in [-0.05, 0) is 55.7 Å². The van der Waals surface area contributed by atoms with Crippen LogP contribution in [-0.2, 0) is 0 Å². The molecular formula is C18H22N2O. The molecule has 0 radical (unpaired) electrons. The molecule has 3 nitrogen and oxygen atoms in total. The summed E-state index contributed by atoms with van der Waals surface area (Å²) >= 11 is 0. The van der Waals surface area contributed by atoms with Gasteiger partial charge in [-0.3, -0.25) is 0 Å². The molecule has 0 aliphatic rings. The molecule has 0 N–H and O–H groups in total. The molecule has 0 amide bonds. The summed E-state index contributed by atoms with van der Waals surface area (Å²) in [5.41, 5.74) is 2.90. The lowest BCUT2D eigenvalue weighted by atomic mass is 10.1. The van der Waals surface area contributed by atoms with Crippen molar-refractivity contribution >= 4 is 11.4 Å². The van der Waals surface area contributed by atoms with Gasteiger partial charge in [0.15, 0.2) is 0 Å². The highest BCUT2D eigenvalue weighted by atomic mass is 16.5. The standard InChI is InChI=1S/C18H22N2O/c1-14(2)12-13-21-18-10-8-17(9-11-18)20-19-16-6-4-15(3)5-7-16/h4-11,14H,12-13H2,1-3H3. The number of hydrogen-bond donors (Lipinski definition) is 0. The highest BCUT2D eigenvalue weighted by molar-refractivity contribution is 5.43. The summed E-state index contributed by atoms with van der Waals surface area (Å²) in [7, 11) is 0. The smallest absolute Gasteiger partial charge is 0.119 e. The normalized spacial score (nSPS) is 11.2. The zero-order valence-corrected chi connectivity index (χ0v) is 12.9. The Morgan fingerprint density at radius 2 is 1.38 bits per heavy atom. The zero-order chi connectivity index (χ0) is 15.1.